The zero-order chi connectivity index (χ0) is 14.0. The van der Waals surface area contributed by atoms with Crippen LogP contribution in [0.15, 0.2) is 18.2 Å². The molecule has 1 aromatic carbocycles. The van der Waals surface area contributed by atoms with Gasteiger partial charge in [0.25, 0.3) is 5.91 Å². The van der Waals surface area contributed by atoms with E-state index in [0.29, 0.717) is 36.8 Å². The van der Waals surface area contributed by atoms with Gasteiger partial charge in [0.15, 0.2) is 5.75 Å². The lowest BCUT2D eigenvalue weighted by Gasteiger charge is -2.42. The summed E-state index contributed by atoms with van der Waals surface area (Å²) < 4.78 is 10.7. The van der Waals surface area contributed by atoms with E-state index in [-0.39, 0.29) is 11.4 Å². The number of nitrogen functional groups attached to an aromatic ring is 1. The molecule has 0 bridgehead atoms. The van der Waals surface area contributed by atoms with Gasteiger partial charge in [-0.05, 0) is 26.0 Å². The number of ether oxygens (including phenoxy) is 2. The molecule has 0 spiro atoms. The first-order valence-electron chi connectivity index (χ1n) is 6.29. The maximum absolute atomic E-state index is 12.7. The van der Waals surface area contributed by atoms with Gasteiger partial charge in [0.2, 0.25) is 0 Å². The average molecular weight is 264 g/mol. The molecule has 104 valence electrons. The van der Waals surface area contributed by atoms with Gasteiger partial charge in [0.1, 0.15) is 0 Å². The van der Waals surface area contributed by atoms with Crippen molar-refractivity contribution in [2.75, 3.05) is 32.6 Å². The van der Waals surface area contributed by atoms with Crippen LogP contribution in [0.1, 0.15) is 24.2 Å². The number of benzene rings is 1. The lowest BCUT2D eigenvalue weighted by atomic mass is 10.0. The molecule has 19 heavy (non-hydrogen) atoms. The van der Waals surface area contributed by atoms with Crippen LogP contribution in [0.4, 0.5) is 5.69 Å². The van der Waals surface area contributed by atoms with E-state index in [2.05, 4.69) is 0 Å². The van der Waals surface area contributed by atoms with Gasteiger partial charge >= 0.3 is 0 Å². The predicted octanol–water partition coefficient (Wildman–Crippen LogP) is 1.53. The summed E-state index contributed by atoms with van der Waals surface area (Å²) in [6, 6.07) is 5.22. The largest absolute Gasteiger partial charge is 0.494 e. The van der Waals surface area contributed by atoms with Crippen LogP contribution in [0.5, 0.6) is 5.75 Å². The van der Waals surface area contributed by atoms with Crippen molar-refractivity contribution in [1.82, 2.24) is 4.90 Å². The first-order chi connectivity index (χ1) is 8.97. The molecule has 1 aromatic rings. The highest BCUT2D eigenvalue weighted by Crippen LogP contribution is 2.30. The number of anilines is 1. The topological polar surface area (TPSA) is 64.8 Å². The van der Waals surface area contributed by atoms with Gasteiger partial charge in [-0.1, -0.05) is 6.07 Å². The summed E-state index contributed by atoms with van der Waals surface area (Å²) in [6.07, 6.45) is 0. The summed E-state index contributed by atoms with van der Waals surface area (Å²) in [4.78, 5) is 14.5. The number of nitrogens with two attached hydrogens (primary N) is 1. The van der Waals surface area contributed by atoms with Crippen LogP contribution >= 0.6 is 0 Å². The van der Waals surface area contributed by atoms with Crippen molar-refractivity contribution in [2.45, 2.75) is 19.4 Å². The van der Waals surface area contributed by atoms with Gasteiger partial charge < -0.3 is 20.1 Å². The molecule has 2 rings (SSSR count). The standard InChI is InChI=1S/C14H20N2O3/c1-14(2)9-19-8-7-16(14)13(17)10-5-4-6-11(15)12(10)18-3/h4-6H,7-9,15H2,1-3H3. The number of carbonyl (C=O) groups excluding carboxylic acids is 1. The summed E-state index contributed by atoms with van der Waals surface area (Å²) in [5, 5.41) is 0. The number of morpholine rings is 1. The summed E-state index contributed by atoms with van der Waals surface area (Å²) in [7, 11) is 1.52. The highest BCUT2D eigenvalue weighted by Gasteiger charge is 2.35. The smallest absolute Gasteiger partial charge is 0.258 e. The van der Waals surface area contributed by atoms with E-state index in [1.807, 2.05) is 18.7 Å². The van der Waals surface area contributed by atoms with E-state index in [1.54, 1.807) is 18.2 Å². The normalized spacial score (nSPS) is 18.2. The third kappa shape index (κ3) is 2.51. The second kappa shape index (κ2) is 5.09. The van der Waals surface area contributed by atoms with Crippen LogP contribution in [-0.2, 0) is 4.74 Å². The zero-order valence-electron chi connectivity index (χ0n) is 11.6. The molecule has 0 unspecified atom stereocenters. The molecular formula is C14H20N2O3. The Balaban J connectivity index is 2.36. The minimum atomic E-state index is -0.328. The molecule has 0 saturated carbocycles. The van der Waals surface area contributed by atoms with Crippen molar-refractivity contribution >= 4 is 11.6 Å². The Morgan fingerprint density at radius 3 is 2.84 bits per heavy atom. The van der Waals surface area contributed by atoms with E-state index in [1.165, 1.54) is 7.11 Å². The molecular weight excluding hydrogens is 244 g/mol. The van der Waals surface area contributed by atoms with Gasteiger partial charge in [-0.3, -0.25) is 4.79 Å². The Morgan fingerprint density at radius 1 is 1.47 bits per heavy atom. The number of amides is 1. The second-order valence-corrected chi connectivity index (χ2v) is 5.25. The fraction of sp³-hybridized carbons (Fsp3) is 0.500. The zero-order valence-corrected chi connectivity index (χ0v) is 11.6. The van der Waals surface area contributed by atoms with Crippen molar-refractivity contribution in [2.24, 2.45) is 0 Å². The number of carbonyl (C=O) groups is 1. The van der Waals surface area contributed by atoms with E-state index >= 15 is 0 Å². The first-order valence-corrected chi connectivity index (χ1v) is 6.29. The van der Waals surface area contributed by atoms with Crippen molar-refractivity contribution in [3.63, 3.8) is 0 Å². The average Bonchev–Trinajstić information content (AvgIpc) is 2.37. The molecule has 1 heterocycles. The summed E-state index contributed by atoms with van der Waals surface area (Å²) in [5.74, 6) is 0.368. The van der Waals surface area contributed by atoms with Crippen molar-refractivity contribution in [1.29, 1.82) is 0 Å². The SMILES string of the molecule is COc1c(N)cccc1C(=O)N1CCOCC1(C)C. The van der Waals surface area contributed by atoms with E-state index in [0.717, 1.165) is 0 Å². The maximum Gasteiger partial charge on any atom is 0.258 e. The van der Waals surface area contributed by atoms with Crippen LogP contribution in [0, 0.1) is 0 Å². The number of hydrogen-bond donors (Lipinski definition) is 1. The number of nitrogens with zero attached hydrogens (tertiary/aromatic N) is 1. The molecule has 0 atom stereocenters. The summed E-state index contributed by atoms with van der Waals surface area (Å²) >= 11 is 0. The minimum absolute atomic E-state index is 0.0718. The third-order valence-electron chi connectivity index (χ3n) is 3.37. The Bertz CT molecular complexity index is 486. The van der Waals surface area contributed by atoms with Crippen LogP contribution in [0.3, 0.4) is 0 Å². The van der Waals surface area contributed by atoms with Crippen molar-refractivity contribution in [3.8, 4) is 5.75 Å². The number of rotatable bonds is 2. The lowest BCUT2D eigenvalue weighted by molar-refractivity contribution is -0.0371. The molecule has 1 aliphatic rings. The predicted molar refractivity (Wildman–Crippen MR) is 73.3 cm³/mol. The van der Waals surface area contributed by atoms with Gasteiger partial charge in [-0.15, -0.1) is 0 Å². The van der Waals surface area contributed by atoms with Gasteiger partial charge in [0.05, 0.1) is 37.1 Å². The number of hydrogen-bond acceptors (Lipinski definition) is 4. The van der Waals surface area contributed by atoms with Crippen LogP contribution < -0.4 is 10.5 Å². The maximum atomic E-state index is 12.7. The van der Waals surface area contributed by atoms with Gasteiger partial charge in [-0.2, -0.15) is 0 Å². The summed E-state index contributed by atoms with van der Waals surface area (Å²) in [5.41, 5.74) is 6.49. The molecule has 2 N–H and O–H groups in total. The minimum Gasteiger partial charge on any atom is -0.494 e. The van der Waals surface area contributed by atoms with Crippen LogP contribution in [0.2, 0.25) is 0 Å². The molecule has 5 heteroatoms. The van der Waals surface area contributed by atoms with E-state index in [9.17, 15) is 4.79 Å². The summed E-state index contributed by atoms with van der Waals surface area (Å²) in [6.45, 7) is 5.64. The fourth-order valence-corrected chi connectivity index (χ4v) is 2.33. The Morgan fingerprint density at radius 2 is 2.21 bits per heavy atom. The highest BCUT2D eigenvalue weighted by molar-refractivity contribution is 5.99. The third-order valence-corrected chi connectivity index (χ3v) is 3.37. The molecule has 0 aliphatic carbocycles. The Labute approximate surface area is 113 Å². The van der Waals surface area contributed by atoms with Gasteiger partial charge in [0, 0.05) is 6.54 Å². The second-order valence-electron chi connectivity index (χ2n) is 5.25. The first kappa shape index (κ1) is 13.7. The Hall–Kier alpha value is -1.75. The quantitative estimate of drug-likeness (QED) is 0.823. The molecule has 1 aliphatic heterocycles. The van der Waals surface area contributed by atoms with E-state index < -0.39 is 0 Å². The highest BCUT2D eigenvalue weighted by atomic mass is 16.5. The molecule has 1 amide bonds. The van der Waals surface area contributed by atoms with Crippen molar-refractivity contribution in [3.05, 3.63) is 23.8 Å². The van der Waals surface area contributed by atoms with Gasteiger partial charge in [-0.25, -0.2) is 0 Å². The van der Waals surface area contributed by atoms with Crippen LogP contribution in [0.25, 0.3) is 0 Å². The molecule has 1 saturated heterocycles. The van der Waals surface area contributed by atoms with Crippen molar-refractivity contribution < 1.29 is 14.3 Å². The molecule has 1 fully saturated rings. The van der Waals surface area contributed by atoms with Crippen LogP contribution in [-0.4, -0.2) is 43.2 Å². The lowest BCUT2D eigenvalue weighted by Crippen LogP contribution is -2.55. The molecule has 5 nitrogen and oxygen atoms in total. The fourth-order valence-electron chi connectivity index (χ4n) is 2.33. The number of methoxy groups -OCH3 is 1. The molecule has 0 aromatic heterocycles. The Kier molecular flexibility index (Phi) is 3.66. The monoisotopic (exact) mass is 264 g/mol. The number of para-hydroxylation sites is 1. The molecule has 0 radical (unpaired) electrons. The van der Waals surface area contributed by atoms with E-state index in [4.69, 9.17) is 15.2 Å².